The van der Waals surface area contributed by atoms with Gasteiger partial charge in [-0.05, 0) is 42.9 Å². The maximum absolute atomic E-state index is 14.9. The Hall–Kier alpha value is -2.29. The zero-order chi connectivity index (χ0) is 21.2. The first-order valence-corrected chi connectivity index (χ1v) is 11.1. The minimum Gasteiger partial charge on any atom is -0.309 e. The number of anilines is 1. The summed E-state index contributed by atoms with van der Waals surface area (Å²) in [4.78, 5) is 15.7. The van der Waals surface area contributed by atoms with Crippen LogP contribution in [-0.4, -0.2) is 52.7 Å². The predicted octanol–water partition coefficient (Wildman–Crippen LogP) is 2.88. The maximum atomic E-state index is 14.9. The Bertz CT molecular complexity index is 1010. The van der Waals surface area contributed by atoms with Crippen molar-refractivity contribution in [2.45, 2.75) is 13.0 Å². The Morgan fingerprint density at radius 3 is 2.59 bits per heavy atom. The smallest absolute Gasteiger partial charge is 0.264 e. The third-order valence-corrected chi connectivity index (χ3v) is 5.34. The molecule has 0 aliphatic carbocycles. The second-order valence-electron chi connectivity index (χ2n) is 7.62. The van der Waals surface area contributed by atoms with E-state index in [1.54, 1.807) is 12.1 Å². The minimum atomic E-state index is -3.58. The number of hydrogen-bond acceptors (Lipinski definition) is 5. The average molecular weight is 421 g/mol. The number of halogens is 1. The van der Waals surface area contributed by atoms with Gasteiger partial charge in [0.25, 0.3) is 10.1 Å². The molecule has 0 aromatic heterocycles. The first kappa shape index (κ1) is 21.4. The molecule has 1 aliphatic heterocycles. The van der Waals surface area contributed by atoms with Crippen molar-refractivity contribution in [3.8, 4) is 11.1 Å². The van der Waals surface area contributed by atoms with Crippen LogP contribution in [0.4, 0.5) is 10.1 Å². The summed E-state index contributed by atoms with van der Waals surface area (Å²) in [7, 11) is 0.375. The number of carbonyl (C=O) groups excluding carboxylic acids is 1. The molecular weight excluding hydrogens is 395 g/mol. The minimum absolute atomic E-state index is 0.0846. The highest BCUT2D eigenvalue weighted by Gasteiger charge is 2.33. The van der Waals surface area contributed by atoms with Gasteiger partial charge in [0.1, 0.15) is 5.82 Å². The Morgan fingerprint density at radius 1 is 1.21 bits per heavy atom. The molecule has 156 valence electrons. The Labute approximate surface area is 171 Å². The maximum Gasteiger partial charge on any atom is 0.264 e. The van der Waals surface area contributed by atoms with Crippen LogP contribution in [0.25, 0.3) is 11.1 Å². The van der Waals surface area contributed by atoms with E-state index >= 15 is 0 Å². The molecule has 1 heterocycles. The van der Waals surface area contributed by atoms with E-state index in [9.17, 15) is 17.6 Å². The molecule has 3 rings (SSSR count). The van der Waals surface area contributed by atoms with Crippen LogP contribution in [0.3, 0.4) is 0 Å². The third kappa shape index (κ3) is 5.41. The van der Waals surface area contributed by atoms with Crippen LogP contribution in [0.15, 0.2) is 42.5 Å². The molecule has 2 aromatic carbocycles. The molecule has 8 heteroatoms. The highest BCUT2D eigenvalue weighted by Crippen LogP contribution is 2.32. The van der Waals surface area contributed by atoms with Crippen LogP contribution in [0.1, 0.15) is 12.0 Å². The number of amides is 1. The predicted molar refractivity (Wildman–Crippen MR) is 110 cm³/mol. The monoisotopic (exact) mass is 420 g/mol. The van der Waals surface area contributed by atoms with Crippen LogP contribution in [0.5, 0.6) is 0 Å². The molecule has 0 N–H and O–H groups in total. The molecule has 1 atom stereocenters. The van der Waals surface area contributed by atoms with E-state index in [4.69, 9.17) is 4.18 Å². The summed E-state index contributed by atoms with van der Waals surface area (Å²) in [6.45, 7) is 0.868. The van der Waals surface area contributed by atoms with E-state index in [-0.39, 0.29) is 37.1 Å². The second-order valence-corrected chi connectivity index (χ2v) is 9.27. The van der Waals surface area contributed by atoms with Gasteiger partial charge < -0.3 is 9.80 Å². The van der Waals surface area contributed by atoms with E-state index in [1.165, 1.54) is 11.0 Å². The Balaban J connectivity index is 1.81. The highest BCUT2D eigenvalue weighted by atomic mass is 32.2. The van der Waals surface area contributed by atoms with Crippen LogP contribution in [-0.2, 0) is 25.6 Å². The fourth-order valence-electron chi connectivity index (χ4n) is 3.52. The van der Waals surface area contributed by atoms with Gasteiger partial charge in [-0.3, -0.25) is 8.98 Å². The Kier molecular flexibility index (Phi) is 6.36. The van der Waals surface area contributed by atoms with Gasteiger partial charge in [-0.25, -0.2) is 4.39 Å². The number of benzene rings is 2. The molecule has 0 saturated carbocycles. The van der Waals surface area contributed by atoms with Crippen molar-refractivity contribution >= 4 is 21.7 Å². The van der Waals surface area contributed by atoms with Gasteiger partial charge in [0, 0.05) is 25.4 Å². The molecule has 1 fully saturated rings. The zero-order valence-corrected chi connectivity index (χ0v) is 17.6. The number of carbonyl (C=O) groups is 1. The summed E-state index contributed by atoms with van der Waals surface area (Å²) < 4.78 is 42.0. The molecular formula is C21H25FN2O4S. The van der Waals surface area contributed by atoms with Crippen molar-refractivity contribution in [2.75, 3.05) is 38.4 Å². The summed E-state index contributed by atoms with van der Waals surface area (Å²) in [5, 5.41) is 0. The lowest BCUT2D eigenvalue weighted by Crippen LogP contribution is -2.26. The quantitative estimate of drug-likeness (QED) is 0.645. The zero-order valence-electron chi connectivity index (χ0n) is 16.8. The molecule has 0 bridgehead atoms. The third-order valence-electron chi connectivity index (χ3n) is 4.78. The standard InChI is InChI=1S/C21H25FN2O4S/c1-23(2)13-17-6-4-5-7-18(17)16-8-9-20(19(22)11-16)24-12-15(10-21(24)25)14-28-29(3,26)27/h4-9,11,15H,10,12-14H2,1-3H3. The molecule has 29 heavy (non-hydrogen) atoms. The first-order valence-electron chi connectivity index (χ1n) is 9.31. The van der Waals surface area contributed by atoms with Crippen LogP contribution >= 0.6 is 0 Å². The van der Waals surface area contributed by atoms with Crippen molar-refractivity contribution in [3.63, 3.8) is 0 Å². The molecule has 2 aromatic rings. The van der Waals surface area contributed by atoms with Gasteiger partial charge in [0.2, 0.25) is 5.91 Å². The van der Waals surface area contributed by atoms with E-state index in [1.807, 2.05) is 43.3 Å². The van der Waals surface area contributed by atoms with E-state index in [2.05, 4.69) is 0 Å². The number of hydrogen-bond donors (Lipinski definition) is 0. The summed E-state index contributed by atoms with van der Waals surface area (Å²) in [5.74, 6) is -1.02. The van der Waals surface area contributed by atoms with Crippen molar-refractivity contribution in [1.82, 2.24) is 4.90 Å². The van der Waals surface area contributed by atoms with Crippen molar-refractivity contribution in [1.29, 1.82) is 0 Å². The molecule has 1 unspecified atom stereocenters. The van der Waals surface area contributed by atoms with Gasteiger partial charge in [-0.1, -0.05) is 30.3 Å². The fourth-order valence-corrected chi connectivity index (χ4v) is 3.96. The topological polar surface area (TPSA) is 66.9 Å². The fraction of sp³-hybridized carbons (Fsp3) is 0.381. The molecule has 6 nitrogen and oxygen atoms in total. The van der Waals surface area contributed by atoms with Gasteiger partial charge in [0.15, 0.2) is 0 Å². The summed E-state index contributed by atoms with van der Waals surface area (Å²) >= 11 is 0. The van der Waals surface area contributed by atoms with Crippen LogP contribution in [0.2, 0.25) is 0 Å². The Morgan fingerprint density at radius 2 is 1.93 bits per heavy atom. The van der Waals surface area contributed by atoms with Crippen molar-refractivity contribution in [2.24, 2.45) is 5.92 Å². The molecule has 0 radical (unpaired) electrons. The van der Waals surface area contributed by atoms with Gasteiger partial charge in [-0.15, -0.1) is 0 Å². The largest absolute Gasteiger partial charge is 0.309 e. The first-order chi connectivity index (χ1) is 13.6. The van der Waals surface area contributed by atoms with E-state index < -0.39 is 15.9 Å². The molecule has 1 amide bonds. The molecule has 1 saturated heterocycles. The molecule has 1 aliphatic rings. The highest BCUT2D eigenvalue weighted by molar-refractivity contribution is 7.85. The summed E-state index contributed by atoms with van der Waals surface area (Å²) in [5.41, 5.74) is 2.97. The SMILES string of the molecule is CN(C)Cc1ccccc1-c1ccc(N2CC(COS(C)(=O)=O)CC2=O)c(F)c1. The van der Waals surface area contributed by atoms with Gasteiger partial charge >= 0.3 is 0 Å². The average Bonchev–Trinajstić information content (AvgIpc) is 3.00. The van der Waals surface area contributed by atoms with Gasteiger partial charge in [-0.2, -0.15) is 8.42 Å². The second kappa shape index (κ2) is 8.61. The van der Waals surface area contributed by atoms with Crippen molar-refractivity contribution in [3.05, 3.63) is 53.8 Å². The summed E-state index contributed by atoms with van der Waals surface area (Å²) in [6.07, 6.45) is 1.09. The van der Waals surface area contributed by atoms with E-state index in [0.717, 1.165) is 29.5 Å². The molecule has 0 spiro atoms. The van der Waals surface area contributed by atoms with Gasteiger partial charge in [0.05, 0.1) is 18.6 Å². The summed E-state index contributed by atoms with van der Waals surface area (Å²) in [6, 6.07) is 12.7. The van der Waals surface area contributed by atoms with Crippen LogP contribution < -0.4 is 4.90 Å². The lowest BCUT2D eigenvalue weighted by molar-refractivity contribution is -0.117. The number of nitrogens with zero attached hydrogens (tertiary/aromatic N) is 2. The van der Waals surface area contributed by atoms with Crippen molar-refractivity contribution < 1.29 is 21.8 Å². The lowest BCUT2D eigenvalue weighted by atomic mass is 9.99. The van der Waals surface area contributed by atoms with E-state index in [0.29, 0.717) is 0 Å². The number of rotatable bonds is 7. The normalized spacial score (nSPS) is 17.3. The van der Waals surface area contributed by atoms with Crippen LogP contribution in [0, 0.1) is 11.7 Å². The lowest BCUT2D eigenvalue weighted by Gasteiger charge is -2.19.